The van der Waals surface area contributed by atoms with Crippen LogP contribution in [0.1, 0.15) is 30.5 Å². The van der Waals surface area contributed by atoms with Crippen molar-refractivity contribution < 1.29 is 14.3 Å². The van der Waals surface area contributed by atoms with Gasteiger partial charge < -0.3 is 15.0 Å². The quantitative estimate of drug-likeness (QED) is 0.213. The molecule has 0 radical (unpaired) electrons. The van der Waals surface area contributed by atoms with Gasteiger partial charge in [0.25, 0.3) is 5.91 Å². The molecule has 4 aromatic rings. The van der Waals surface area contributed by atoms with Gasteiger partial charge in [0.2, 0.25) is 5.91 Å². The Hall–Kier alpha value is -3.64. The molecule has 0 aromatic heterocycles. The lowest BCUT2D eigenvalue weighted by Gasteiger charge is -2.32. The molecule has 0 saturated heterocycles. The molecule has 0 fully saturated rings. The standard InChI is InChI=1S/C33H35BrN2O3/c1-23(2)20-35-33(38)29(19-25-12-5-4-6-13-25)36(21-27-15-8-7-11-24(27)3)31(37)22-39-30-18-17-26-14-9-10-16-28(26)32(30)34/h4-18,23,29H,19-22H2,1-3H3,(H,35,38)/t29-/m1/s1. The Morgan fingerprint density at radius 3 is 2.33 bits per heavy atom. The van der Waals surface area contributed by atoms with Crippen molar-refractivity contribution in [1.82, 2.24) is 10.2 Å². The lowest BCUT2D eigenvalue weighted by molar-refractivity contribution is -0.142. The third-order valence-electron chi connectivity index (χ3n) is 6.74. The van der Waals surface area contributed by atoms with E-state index in [1.807, 2.05) is 97.9 Å². The maximum absolute atomic E-state index is 13.9. The number of nitrogens with one attached hydrogen (secondary N) is 1. The molecule has 0 heterocycles. The molecule has 4 rings (SSSR count). The average Bonchev–Trinajstić information content (AvgIpc) is 2.94. The van der Waals surface area contributed by atoms with Gasteiger partial charge in [-0.3, -0.25) is 9.59 Å². The first-order valence-electron chi connectivity index (χ1n) is 13.3. The maximum atomic E-state index is 13.9. The summed E-state index contributed by atoms with van der Waals surface area (Å²) < 4.78 is 6.86. The fourth-order valence-corrected chi connectivity index (χ4v) is 5.10. The number of hydrogen-bond acceptors (Lipinski definition) is 3. The van der Waals surface area contributed by atoms with E-state index in [0.29, 0.717) is 31.2 Å². The summed E-state index contributed by atoms with van der Waals surface area (Å²) in [4.78, 5) is 29.1. The zero-order valence-corrected chi connectivity index (χ0v) is 24.3. The first kappa shape index (κ1) is 28.4. The van der Waals surface area contributed by atoms with Crippen LogP contribution in [0, 0.1) is 12.8 Å². The van der Waals surface area contributed by atoms with E-state index < -0.39 is 6.04 Å². The zero-order chi connectivity index (χ0) is 27.8. The Balaban J connectivity index is 1.64. The van der Waals surface area contributed by atoms with Gasteiger partial charge in [-0.2, -0.15) is 0 Å². The number of aryl methyl sites for hydroxylation is 1. The highest BCUT2D eigenvalue weighted by Gasteiger charge is 2.31. The van der Waals surface area contributed by atoms with Crippen LogP contribution in [0.4, 0.5) is 0 Å². The molecule has 0 unspecified atom stereocenters. The number of rotatable bonds is 11. The Morgan fingerprint density at radius 2 is 1.59 bits per heavy atom. The molecule has 1 N–H and O–H groups in total. The van der Waals surface area contributed by atoms with Crippen molar-refractivity contribution in [1.29, 1.82) is 0 Å². The molecule has 5 nitrogen and oxygen atoms in total. The highest BCUT2D eigenvalue weighted by Crippen LogP contribution is 2.33. The van der Waals surface area contributed by atoms with E-state index in [0.717, 1.165) is 31.9 Å². The molecule has 0 spiro atoms. The second-order valence-corrected chi connectivity index (χ2v) is 11.0. The molecule has 1 atom stereocenters. The van der Waals surface area contributed by atoms with E-state index in [1.54, 1.807) is 4.90 Å². The topological polar surface area (TPSA) is 58.6 Å². The summed E-state index contributed by atoms with van der Waals surface area (Å²) in [5, 5.41) is 5.15. The summed E-state index contributed by atoms with van der Waals surface area (Å²) in [7, 11) is 0. The van der Waals surface area contributed by atoms with Crippen molar-refractivity contribution in [3.63, 3.8) is 0 Å². The van der Waals surface area contributed by atoms with E-state index in [2.05, 4.69) is 35.1 Å². The second kappa shape index (κ2) is 13.4. The highest BCUT2D eigenvalue weighted by atomic mass is 79.9. The summed E-state index contributed by atoms with van der Waals surface area (Å²) in [6.45, 7) is 6.78. The summed E-state index contributed by atoms with van der Waals surface area (Å²) in [6.07, 6.45) is 0.405. The number of ether oxygens (including phenoxy) is 1. The first-order valence-corrected chi connectivity index (χ1v) is 14.1. The fourth-order valence-electron chi connectivity index (χ4n) is 4.49. The Morgan fingerprint density at radius 1 is 0.897 bits per heavy atom. The van der Waals surface area contributed by atoms with Gasteiger partial charge in [-0.15, -0.1) is 0 Å². The summed E-state index contributed by atoms with van der Waals surface area (Å²) in [6, 6.07) is 28.9. The van der Waals surface area contributed by atoms with E-state index in [1.165, 1.54) is 0 Å². The van der Waals surface area contributed by atoms with Crippen LogP contribution in [-0.4, -0.2) is 35.9 Å². The molecule has 0 aliphatic carbocycles. The Bertz CT molecular complexity index is 1420. The average molecular weight is 588 g/mol. The third kappa shape index (κ3) is 7.48. The van der Waals surface area contributed by atoms with Gasteiger partial charge in [-0.05, 0) is 62.3 Å². The third-order valence-corrected chi connectivity index (χ3v) is 7.55. The minimum Gasteiger partial charge on any atom is -0.483 e. The van der Waals surface area contributed by atoms with Crippen molar-refractivity contribution in [3.8, 4) is 5.75 Å². The predicted molar refractivity (Wildman–Crippen MR) is 161 cm³/mol. The highest BCUT2D eigenvalue weighted by molar-refractivity contribution is 9.10. The number of fused-ring (bicyclic) bond motifs is 1. The van der Waals surface area contributed by atoms with Crippen molar-refractivity contribution >= 4 is 38.5 Å². The number of amides is 2. The first-order chi connectivity index (χ1) is 18.8. The van der Waals surface area contributed by atoms with E-state index in [-0.39, 0.29) is 18.4 Å². The van der Waals surface area contributed by atoms with Crippen molar-refractivity contribution in [2.45, 2.75) is 39.8 Å². The van der Waals surface area contributed by atoms with Gasteiger partial charge in [-0.1, -0.05) is 98.8 Å². The van der Waals surface area contributed by atoms with Crippen LogP contribution in [0.5, 0.6) is 5.75 Å². The zero-order valence-electron chi connectivity index (χ0n) is 22.7. The van der Waals surface area contributed by atoms with Crippen LogP contribution in [-0.2, 0) is 22.6 Å². The molecule has 0 aliphatic rings. The Labute approximate surface area is 239 Å². The van der Waals surface area contributed by atoms with Gasteiger partial charge >= 0.3 is 0 Å². The normalized spacial score (nSPS) is 11.8. The summed E-state index contributed by atoms with van der Waals surface area (Å²) in [5.41, 5.74) is 3.05. The molecule has 2 amide bonds. The molecule has 0 aliphatic heterocycles. The summed E-state index contributed by atoms with van der Waals surface area (Å²) >= 11 is 3.65. The Kier molecular flexibility index (Phi) is 9.77. The number of benzene rings is 4. The van der Waals surface area contributed by atoms with Crippen LogP contribution in [0.2, 0.25) is 0 Å². The molecular weight excluding hydrogens is 552 g/mol. The van der Waals surface area contributed by atoms with E-state index in [9.17, 15) is 9.59 Å². The van der Waals surface area contributed by atoms with Crippen LogP contribution in [0.15, 0.2) is 95.5 Å². The largest absolute Gasteiger partial charge is 0.483 e. The van der Waals surface area contributed by atoms with Gasteiger partial charge in [0.1, 0.15) is 11.8 Å². The number of carbonyl (C=O) groups excluding carboxylic acids is 2. The van der Waals surface area contributed by atoms with Crippen molar-refractivity contribution in [2.75, 3.05) is 13.2 Å². The monoisotopic (exact) mass is 586 g/mol. The fraction of sp³-hybridized carbons (Fsp3) is 0.273. The van der Waals surface area contributed by atoms with E-state index >= 15 is 0 Å². The number of hydrogen-bond donors (Lipinski definition) is 1. The van der Waals surface area contributed by atoms with Crippen LogP contribution in [0.3, 0.4) is 0 Å². The van der Waals surface area contributed by atoms with Crippen molar-refractivity contribution in [2.24, 2.45) is 5.92 Å². The van der Waals surface area contributed by atoms with Gasteiger partial charge in [0, 0.05) is 19.5 Å². The number of carbonyl (C=O) groups is 2. The molecule has 39 heavy (non-hydrogen) atoms. The SMILES string of the molecule is Cc1ccccc1CN(C(=O)COc1ccc2ccccc2c1Br)[C@H](Cc1ccccc1)C(=O)NCC(C)C. The lowest BCUT2D eigenvalue weighted by Crippen LogP contribution is -2.52. The molecule has 6 heteroatoms. The predicted octanol–water partition coefficient (Wildman–Crippen LogP) is 6.70. The smallest absolute Gasteiger partial charge is 0.261 e. The van der Waals surface area contributed by atoms with Gasteiger partial charge in [0.15, 0.2) is 6.61 Å². The number of nitrogens with zero attached hydrogens (tertiary/aromatic N) is 1. The van der Waals surface area contributed by atoms with Crippen LogP contribution >= 0.6 is 15.9 Å². The van der Waals surface area contributed by atoms with Crippen molar-refractivity contribution in [3.05, 3.63) is 112 Å². The second-order valence-electron chi connectivity index (χ2n) is 10.2. The summed E-state index contributed by atoms with van der Waals surface area (Å²) in [5.74, 6) is 0.461. The molecule has 4 aromatic carbocycles. The van der Waals surface area contributed by atoms with Gasteiger partial charge in [0.05, 0.1) is 4.47 Å². The minimum atomic E-state index is -0.693. The van der Waals surface area contributed by atoms with Crippen LogP contribution in [0.25, 0.3) is 10.8 Å². The maximum Gasteiger partial charge on any atom is 0.261 e. The molecule has 202 valence electrons. The molecule has 0 bridgehead atoms. The number of halogens is 1. The molecular formula is C33H35BrN2O3. The van der Waals surface area contributed by atoms with Gasteiger partial charge in [-0.25, -0.2) is 0 Å². The molecule has 0 saturated carbocycles. The lowest BCUT2D eigenvalue weighted by atomic mass is 10.0. The van der Waals surface area contributed by atoms with E-state index in [4.69, 9.17) is 4.74 Å². The van der Waals surface area contributed by atoms with Crippen LogP contribution < -0.4 is 10.1 Å². The minimum absolute atomic E-state index is 0.165.